The lowest BCUT2D eigenvalue weighted by Crippen LogP contribution is -2.50. The molecule has 0 spiro atoms. The van der Waals surface area contributed by atoms with Crippen molar-refractivity contribution in [3.8, 4) is 5.75 Å². The summed E-state index contributed by atoms with van der Waals surface area (Å²) in [6.45, 7) is 3.36. The molecular formula is C21H23Cl2N3O3. The zero-order valence-electron chi connectivity index (χ0n) is 16.2. The van der Waals surface area contributed by atoms with Crippen LogP contribution in [-0.2, 0) is 11.3 Å². The highest BCUT2D eigenvalue weighted by atomic mass is 35.5. The number of amides is 2. The molecule has 0 bridgehead atoms. The first kappa shape index (κ1) is 21.4. The van der Waals surface area contributed by atoms with Gasteiger partial charge in [0.25, 0.3) is 5.91 Å². The third kappa shape index (κ3) is 5.85. The van der Waals surface area contributed by atoms with E-state index in [2.05, 4.69) is 10.2 Å². The predicted molar refractivity (Wildman–Crippen MR) is 114 cm³/mol. The van der Waals surface area contributed by atoms with Gasteiger partial charge in [-0.1, -0.05) is 29.3 Å². The van der Waals surface area contributed by atoms with E-state index in [0.29, 0.717) is 35.2 Å². The van der Waals surface area contributed by atoms with Crippen molar-refractivity contribution < 1.29 is 14.3 Å². The Morgan fingerprint density at radius 3 is 2.45 bits per heavy atom. The minimum absolute atomic E-state index is 0.0343. The van der Waals surface area contributed by atoms with Crippen LogP contribution in [0.2, 0.25) is 10.0 Å². The Hall–Kier alpha value is -2.28. The Balaban J connectivity index is 1.47. The topological polar surface area (TPSA) is 61.9 Å². The van der Waals surface area contributed by atoms with Gasteiger partial charge >= 0.3 is 0 Å². The van der Waals surface area contributed by atoms with Crippen LogP contribution in [0.1, 0.15) is 15.9 Å². The number of ether oxygens (including phenoxy) is 1. The average Bonchev–Trinajstić information content (AvgIpc) is 2.72. The largest absolute Gasteiger partial charge is 0.496 e. The van der Waals surface area contributed by atoms with Gasteiger partial charge in [0.15, 0.2) is 0 Å². The second-order valence-electron chi connectivity index (χ2n) is 6.81. The van der Waals surface area contributed by atoms with Crippen molar-refractivity contribution in [2.45, 2.75) is 6.54 Å². The lowest BCUT2D eigenvalue weighted by Gasteiger charge is -2.35. The van der Waals surface area contributed by atoms with Crippen molar-refractivity contribution in [2.24, 2.45) is 0 Å². The maximum Gasteiger partial charge on any atom is 0.251 e. The second-order valence-corrected chi connectivity index (χ2v) is 7.68. The Bertz CT molecular complexity index is 883. The smallest absolute Gasteiger partial charge is 0.251 e. The molecule has 29 heavy (non-hydrogen) atoms. The zero-order valence-corrected chi connectivity index (χ0v) is 17.7. The number of nitrogens with zero attached hydrogens (tertiary/aromatic N) is 2. The normalized spacial score (nSPS) is 14.5. The summed E-state index contributed by atoms with van der Waals surface area (Å²) in [5, 5.41) is 3.82. The molecule has 1 fully saturated rings. The highest BCUT2D eigenvalue weighted by molar-refractivity contribution is 6.31. The van der Waals surface area contributed by atoms with Crippen molar-refractivity contribution in [3.05, 3.63) is 63.6 Å². The minimum Gasteiger partial charge on any atom is -0.496 e. The van der Waals surface area contributed by atoms with Crippen LogP contribution >= 0.6 is 23.2 Å². The lowest BCUT2D eigenvalue weighted by atomic mass is 10.1. The molecule has 1 aliphatic rings. The maximum atomic E-state index is 12.4. The summed E-state index contributed by atoms with van der Waals surface area (Å²) in [6, 6.07) is 12.2. The molecule has 1 aliphatic heterocycles. The third-order valence-corrected chi connectivity index (χ3v) is 5.32. The summed E-state index contributed by atoms with van der Waals surface area (Å²) in [5.41, 5.74) is 1.46. The van der Waals surface area contributed by atoms with Gasteiger partial charge in [-0.3, -0.25) is 14.5 Å². The van der Waals surface area contributed by atoms with E-state index in [1.165, 1.54) is 0 Å². The number of halogens is 2. The summed E-state index contributed by atoms with van der Waals surface area (Å²) in [4.78, 5) is 28.6. The van der Waals surface area contributed by atoms with E-state index in [4.69, 9.17) is 27.9 Å². The van der Waals surface area contributed by atoms with Crippen LogP contribution in [-0.4, -0.2) is 61.4 Å². The third-order valence-electron chi connectivity index (χ3n) is 4.85. The van der Waals surface area contributed by atoms with Gasteiger partial charge in [-0.2, -0.15) is 0 Å². The highest BCUT2D eigenvalue weighted by Crippen LogP contribution is 2.24. The molecule has 1 saturated heterocycles. The second kappa shape index (κ2) is 9.96. The first-order valence-corrected chi connectivity index (χ1v) is 10.1. The molecule has 0 unspecified atom stereocenters. The number of hydrogen-bond donors (Lipinski definition) is 1. The van der Waals surface area contributed by atoms with Crippen LogP contribution in [0.15, 0.2) is 42.5 Å². The zero-order chi connectivity index (χ0) is 20.8. The number of rotatable bonds is 6. The van der Waals surface area contributed by atoms with E-state index in [1.54, 1.807) is 42.3 Å². The van der Waals surface area contributed by atoms with Crippen molar-refractivity contribution in [1.29, 1.82) is 0 Å². The van der Waals surface area contributed by atoms with Gasteiger partial charge in [0.2, 0.25) is 5.91 Å². The van der Waals surface area contributed by atoms with Gasteiger partial charge < -0.3 is 15.0 Å². The Morgan fingerprint density at radius 2 is 1.76 bits per heavy atom. The maximum absolute atomic E-state index is 12.4. The van der Waals surface area contributed by atoms with Gasteiger partial charge in [0, 0.05) is 53.9 Å². The fourth-order valence-electron chi connectivity index (χ4n) is 3.27. The molecule has 0 saturated carbocycles. The number of hydrogen-bond acceptors (Lipinski definition) is 4. The van der Waals surface area contributed by atoms with Crippen LogP contribution in [0.4, 0.5) is 0 Å². The molecule has 0 radical (unpaired) electrons. The van der Waals surface area contributed by atoms with Crippen LogP contribution in [0, 0.1) is 0 Å². The summed E-state index contributed by atoms with van der Waals surface area (Å²) in [5.74, 6) is 0.393. The Kier molecular flexibility index (Phi) is 7.36. The summed E-state index contributed by atoms with van der Waals surface area (Å²) in [7, 11) is 1.64. The van der Waals surface area contributed by atoms with Crippen LogP contribution in [0.25, 0.3) is 0 Å². The van der Waals surface area contributed by atoms with Crippen molar-refractivity contribution in [3.63, 3.8) is 0 Å². The molecule has 1 N–H and O–H groups in total. The molecule has 154 valence electrons. The molecule has 8 heteroatoms. The average molecular weight is 436 g/mol. The number of benzene rings is 2. The fourth-order valence-corrected chi connectivity index (χ4v) is 3.65. The van der Waals surface area contributed by atoms with E-state index >= 15 is 0 Å². The molecule has 1 heterocycles. The molecule has 0 aliphatic carbocycles. The van der Waals surface area contributed by atoms with Crippen LogP contribution in [0.3, 0.4) is 0 Å². The summed E-state index contributed by atoms with van der Waals surface area (Å²) < 4.78 is 5.40. The van der Waals surface area contributed by atoms with Crippen LogP contribution in [0.5, 0.6) is 5.75 Å². The van der Waals surface area contributed by atoms with E-state index < -0.39 is 0 Å². The minimum atomic E-state index is -0.312. The van der Waals surface area contributed by atoms with Crippen molar-refractivity contribution >= 4 is 35.0 Å². The number of nitrogens with one attached hydrogen (secondary N) is 1. The van der Waals surface area contributed by atoms with Gasteiger partial charge in [-0.15, -0.1) is 0 Å². The number of carbonyl (C=O) groups excluding carboxylic acids is 2. The lowest BCUT2D eigenvalue weighted by molar-refractivity contribution is -0.131. The molecule has 0 aromatic heterocycles. The van der Waals surface area contributed by atoms with Gasteiger partial charge in [-0.25, -0.2) is 0 Å². The van der Waals surface area contributed by atoms with E-state index in [9.17, 15) is 9.59 Å². The molecule has 3 rings (SSSR count). The van der Waals surface area contributed by atoms with Crippen molar-refractivity contribution in [1.82, 2.24) is 15.1 Å². The quantitative estimate of drug-likeness (QED) is 0.756. The monoisotopic (exact) mass is 435 g/mol. The molecule has 2 aromatic carbocycles. The predicted octanol–water partition coefficient (Wildman–Crippen LogP) is 3.08. The highest BCUT2D eigenvalue weighted by Gasteiger charge is 2.22. The number of methoxy groups -OCH3 is 1. The van der Waals surface area contributed by atoms with E-state index in [0.717, 1.165) is 24.4 Å². The molecular weight excluding hydrogens is 413 g/mol. The number of piperazine rings is 1. The first-order valence-electron chi connectivity index (χ1n) is 9.32. The van der Waals surface area contributed by atoms with Crippen LogP contribution < -0.4 is 10.1 Å². The Morgan fingerprint density at radius 1 is 1.03 bits per heavy atom. The SMILES string of the molecule is COc1ccc(Cl)cc1CN1CCN(C(=O)CNC(=O)c2cccc(Cl)c2)CC1. The first-order chi connectivity index (χ1) is 14.0. The standard InChI is InChI=1S/C21H23Cl2N3O3/c1-29-19-6-5-18(23)12-16(19)14-25-7-9-26(10-8-25)20(27)13-24-21(28)15-3-2-4-17(22)11-15/h2-6,11-12H,7-10,13-14H2,1H3,(H,24,28). The number of carbonyl (C=O) groups is 2. The van der Waals surface area contributed by atoms with Crippen molar-refractivity contribution in [2.75, 3.05) is 39.8 Å². The molecule has 0 atom stereocenters. The molecule has 6 nitrogen and oxygen atoms in total. The van der Waals surface area contributed by atoms with E-state index in [1.807, 2.05) is 12.1 Å². The molecule has 2 aromatic rings. The fraction of sp³-hybridized carbons (Fsp3) is 0.333. The van der Waals surface area contributed by atoms with Gasteiger partial charge in [0.1, 0.15) is 5.75 Å². The summed E-state index contributed by atoms with van der Waals surface area (Å²) >= 11 is 12.0. The Labute approximate surface area is 180 Å². The molecule has 2 amide bonds. The summed E-state index contributed by atoms with van der Waals surface area (Å²) in [6.07, 6.45) is 0. The van der Waals surface area contributed by atoms with Gasteiger partial charge in [0.05, 0.1) is 13.7 Å². The van der Waals surface area contributed by atoms with Gasteiger partial charge in [-0.05, 0) is 36.4 Å². The van der Waals surface area contributed by atoms with E-state index in [-0.39, 0.29) is 18.4 Å².